The van der Waals surface area contributed by atoms with Crippen LogP contribution in [0.5, 0.6) is 0 Å². The van der Waals surface area contributed by atoms with Crippen molar-refractivity contribution in [1.82, 2.24) is 10.1 Å². The van der Waals surface area contributed by atoms with Gasteiger partial charge < -0.3 is 14.5 Å². The highest BCUT2D eigenvalue weighted by Gasteiger charge is 2.38. The van der Waals surface area contributed by atoms with Gasteiger partial charge in [-0.25, -0.2) is 0 Å². The molecule has 1 aliphatic heterocycles. The van der Waals surface area contributed by atoms with Gasteiger partial charge in [-0.2, -0.15) is 0 Å². The lowest BCUT2D eigenvalue weighted by molar-refractivity contribution is -0.142. The molecule has 6 nitrogen and oxygen atoms in total. The van der Waals surface area contributed by atoms with Crippen molar-refractivity contribution >= 4 is 23.2 Å². The van der Waals surface area contributed by atoms with Crippen LogP contribution in [0.2, 0.25) is 0 Å². The summed E-state index contributed by atoms with van der Waals surface area (Å²) in [7, 11) is 0. The van der Waals surface area contributed by atoms with Gasteiger partial charge in [0.15, 0.2) is 11.5 Å². The summed E-state index contributed by atoms with van der Waals surface area (Å²) in [5, 5.41) is 14.8. The lowest BCUT2D eigenvalue weighted by atomic mass is 9.99. The fraction of sp³-hybridized carbons (Fsp3) is 0.357. The molecule has 0 bridgehead atoms. The molecular weight excluding hydrogens is 292 g/mol. The number of hydrogen-bond donors (Lipinski definition) is 1. The number of nitrogens with zero attached hydrogens (tertiary/aromatic N) is 2. The quantitative estimate of drug-likeness (QED) is 0.939. The number of carbonyl (C=O) groups is 2. The molecule has 1 N–H and O–H groups in total. The number of carboxylic acids is 1. The van der Waals surface area contributed by atoms with E-state index < -0.39 is 11.9 Å². The number of hydrogen-bond acceptors (Lipinski definition) is 5. The van der Waals surface area contributed by atoms with Crippen LogP contribution in [0.25, 0.3) is 10.6 Å². The van der Waals surface area contributed by atoms with Gasteiger partial charge in [-0.1, -0.05) is 18.1 Å². The van der Waals surface area contributed by atoms with Crippen LogP contribution in [0.4, 0.5) is 0 Å². The first-order valence-electron chi connectivity index (χ1n) is 6.59. The Hall–Kier alpha value is -2.15. The minimum atomic E-state index is -0.864. The second-order valence-electron chi connectivity index (χ2n) is 5.19. The molecule has 2 aromatic rings. The molecule has 2 aromatic heterocycles. The van der Waals surface area contributed by atoms with Gasteiger partial charge in [0, 0.05) is 19.2 Å². The van der Waals surface area contributed by atoms with Crippen molar-refractivity contribution in [3.63, 3.8) is 0 Å². The summed E-state index contributed by atoms with van der Waals surface area (Å²) in [5.74, 6) is -1.17. The van der Waals surface area contributed by atoms with Gasteiger partial charge in [0.1, 0.15) is 0 Å². The summed E-state index contributed by atoms with van der Waals surface area (Å²) >= 11 is 1.50. The van der Waals surface area contributed by atoms with Crippen LogP contribution in [0, 0.1) is 11.8 Å². The van der Waals surface area contributed by atoms with E-state index in [1.54, 1.807) is 6.07 Å². The minimum Gasteiger partial charge on any atom is -0.481 e. The molecule has 3 heterocycles. The van der Waals surface area contributed by atoms with E-state index in [2.05, 4.69) is 5.16 Å². The summed E-state index contributed by atoms with van der Waals surface area (Å²) in [4.78, 5) is 25.9. The second kappa shape index (κ2) is 5.33. The number of aromatic nitrogens is 1. The Kier molecular flexibility index (Phi) is 3.50. The summed E-state index contributed by atoms with van der Waals surface area (Å²) < 4.78 is 5.19. The normalized spacial score (nSPS) is 21.7. The highest BCUT2D eigenvalue weighted by atomic mass is 32.1. The molecule has 0 aromatic carbocycles. The van der Waals surface area contributed by atoms with Gasteiger partial charge >= 0.3 is 5.97 Å². The highest BCUT2D eigenvalue weighted by Crippen LogP contribution is 2.28. The van der Waals surface area contributed by atoms with Gasteiger partial charge in [0.2, 0.25) is 0 Å². The van der Waals surface area contributed by atoms with Crippen LogP contribution in [-0.4, -0.2) is 40.1 Å². The average molecular weight is 306 g/mol. The van der Waals surface area contributed by atoms with E-state index in [1.807, 2.05) is 24.4 Å². The molecule has 0 spiro atoms. The number of likely N-dealkylation sites (tertiary alicyclic amines) is 1. The Morgan fingerprint density at radius 1 is 1.48 bits per heavy atom. The first-order chi connectivity index (χ1) is 10.1. The predicted molar refractivity (Wildman–Crippen MR) is 76.0 cm³/mol. The standard InChI is InChI=1S/C14H14N2O4S/c1-8-6-16(7-9(8)14(18)19)13(17)10-5-11(20-15-10)12-3-2-4-21-12/h2-5,8-9H,6-7H2,1H3,(H,18,19)/t8-,9-/m1/s1. The topological polar surface area (TPSA) is 83.6 Å². The Morgan fingerprint density at radius 2 is 2.29 bits per heavy atom. The molecule has 7 heteroatoms. The van der Waals surface area contributed by atoms with Crippen LogP contribution in [-0.2, 0) is 4.79 Å². The summed E-state index contributed by atoms with van der Waals surface area (Å²) in [6.07, 6.45) is 0. The van der Waals surface area contributed by atoms with Crippen LogP contribution in [0.1, 0.15) is 17.4 Å². The summed E-state index contributed by atoms with van der Waals surface area (Å²) in [5.41, 5.74) is 0.219. The SMILES string of the molecule is C[C@@H]1CN(C(=O)c2cc(-c3cccs3)on2)C[C@H]1C(=O)O. The fourth-order valence-corrected chi connectivity index (χ4v) is 3.20. The first-order valence-corrected chi connectivity index (χ1v) is 7.47. The number of rotatable bonds is 3. The molecule has 3 rings (SSSR count). The van der Waals surface area contributed by atoms with Crippen LogP contribution in [0.3, 0.4) is 0 Å². The smallest absolute Gasteiger partial charge is 0.308 e. The van der Waals surface area contributed by atoms with Crippen LogP contribution in [0.15, 0.2) is 28.1 Å². The molecule has 2 atom stereocenters. The molecule has 1 fully saturated rings. The third kappa shape index (κ3) is 2.56. The molecule has 21 heavy (non-hydrogen) atoms. The zero-order chi connectivity index (χ0) is 15.0. The summed E-state index contributed by atoms with van der Waals surface area (Å²) in [6, 6.07) is 5.38. The molecule has 1 saturated heterocycles. The molecule has 0 aliphatic carbocycles. The van der Waals surface area contributed by atoms with E-state index in [0.717, 1.165) is 4.88 Å². The maximum absolute atomic E-state index is 12.4. The molecule has 0 radical (unpaired) electrons. The van der Waals surface area contributed by atoms with Crippen molar-refractivity contribution in [1.29, 1.82) is 0 Å². The molecule has 0 unspecified atom stereocenters. The van der Waals surface area contributed by atoms with E-state index in [4.69, 9.17) is 9.63 Å². The van der Waals surface area contributed by atoms with Gasteiger partial charge in [-0.15, -0.1) is 11.3 Å². The van der Waals surface area contributed by atoms with Crippen molar-refractivity contribution in [3.05, 3.63) is 29.3 Å². The van der Waals surface area contributed by atoms with Crippen molar-refractivity contribution in [3.8, 4) is 10.6 Å². The second-order valence-corrected chi connectivity index (χ2v) is 6.13. The number of amides is 1. The first kappa shape index (κ1) is 13.8. The Balaban J connectivity index is 1.76. The molecule has 110 valence electrons. The minimum absolute atomic E-state index is 0.0601. The Bertz CT molecular complexity index is 664. The molecule has 0 saturated carbocycles. The van der Waals surface area contributed by atoms with Crippen LogP contribution >= 0.6 is 11.3 Å². The monoisotopic (exact) mass is 306 g/mol. The molecule has 1 amide bonds. The Morgan fingerprint density at radius 3 is 2.90 bits per heavy atom. The van der Waals surface area contributed by atoms with E-state index >= 15 is 0 Å². The van der Waals surface area contributed by atoms with E-state index in [0.29, 0.717) is 12.3 Å². The zero-order valence-electron chi connectivity index (χ0n) is 11.4. The molecule has 1 aliphatic rings. The van der Waals surface area contributed by atoms with Crippen molar-refractivity contribution < 1.29 is 19.2 Å². The van der Waals surface area contributed by atoms with E-state index in [9.17, 15) is 9.59 Å². The Labute approximate surface area is 125 Å². The van der Waals surface area contributed by atoms with Crippen molar-refractivity contribution in [2.45, 2.75) is 6.92 Å². The van der Waals surface area contributed by atoms with Crippen LogP contribution < -0.4 is 0 Å². The number of carboxylic acid groups (broad SMARTS) is 1. The van der Waals surface area contributed by atoms with Crippen molar-refractivity contribution in [2.75, 3.05) is 13.1 Å². The third-order valence-electron chi connectivity index (χ3n) is 3.71. The third-order valence-corrected chi connectivity index (χ3v) is 4.59. The summed E-state index contributed by atoms with van der Waals surface area (Å²) in [6.45, 7) is 2.49. The lowest BCUT2D eigenvalue weighted by Gasteiger charge is -2.13. The van der Waals surface area contributed by atoms with Crippen molar-refractivity contribution in [2.24, 2.45) is 11.8 Å². The predicted octanol–water partition coefficient (Wildman–Crippen LogP) is 2.20. The number of thiophene rings is 1. The van der Waals surface area contributed by atoms with E-state index in [1.165, 1.54) is 16.2 Å². The van der Waals surface area contributed by atoms with E-state index in [-0.39, 0.29) is 24.1 Å². The lowest BCUT2D eigenvalue weighted by Crippen LogP contribution is -2.30. The molecular formula is C14H14N2O4S. The maximum Gasteiger partial charge on any atom is 0.308 e. The number of aliphatic carboxylic acids is 1. The fourth-order valence-electron chi connectivity index (χ4n) is 2.53. The van der Waals surface area contributed by atoms with Gasteiger partial charge in [0.25, 0.3) is 5.91 Å². The largest absolute Gasteiger partial charge is 0.481 e. The average Bonchev–Trinajstić information content (AvgIpc) is 3.17. The van der Waals surface area contributed by atoms with Gasteiger partial charge in [-0.05, 0) is 17.4 Å². The maximum atomic E-state index is 12.4. The van der Waals surface area contributed by atoms with Gasteiger partial charge in [-0.3, -0.25) is 9.59 Å². The zero-order valence-corrected chi connectivity index (χ0v) is 12.2. The van der Waals surface area contributed by atoms with Gasteiger partial charge in [0.05, 0.1) is 10.8 Å². The number of carbonyl (C=O) groups excluding carboxylic acids is 1. The highest BCUT2D eigenvalue weighted by molar-refractivity contribution is 7.13.